The minimum atomic E-state index is 0.0266. The van der Waals surface area contributed by atoms with Gasteiger partial charge in [-0.3, -0.25) is 9.48 Å². The topological polar surface area (TPSA) is 69.1 Å². The van der Waals surface area contributed by atoms with Gasteiger partial charge in [-0.1, -0.05) is 49.7 Å². The first-order valence-corrected chi connectivity index (χ1v) is 11.5. The van der Waals surface area contributed by atoms with E-state index in [1.54, 1.807) is 42.0 Å². The monoisotopic (exact) mass is 477 g/mol. The van der Waals surface area contributed by atoms with E-state index in [9.17, 15) is 4.79 Å². The molecular formula is C27H32ClN5O. The second-order valence-corrected chi connectivity index (χ2v) is 9.25. The number of benzene rings is 2. The Balaban J connectivity index is 0.000000202. The van der Waals surface area contributed by atoms with Crippen molar-refractivity contribution in [2.75, 3.05) is 19.8 Å². The average molecular weight is 478 g/mol. The third-order valence-corrected chi connectivity index (χ3v) is 5.85. The maximum atomic E-state index is 12.1. The molecular weight excluding hydrogens is 446 g/mol. The van der Waals surface area contributed by atoms with E-state index in [4.69, 9.17) is 17.3 Å². The van der Waals surface area contributed by atoms with Gasteiger partial charge in [0.25, 0.3) is 5.91 Å². The van der Waals surface area contributed by atoms with Gasteiger partial charge in [0.05, 0.1) is 6.20 Å². The molecule has 0 aliphatic rings. The zero-order valence-electron chi connectivity index (χ0n) is 20.6. The molecule has 2 N–H and O–H groups in total. The third-order valence-electron chi connectivity index (χ3n) is 5.52. The van der Waals surface area contributed by atoms with E-state index in [1.165, 1.54) is 5.56 Å². The minimum Gasteiger partial charge on any atom is -0.399 e. The van der Waals surface area contributed by atoms with Crippen molar-refractivity contribution in [3.8, 4) is 22.3 Å². The Kier molecular flexibility index (Phi) is 7.84. The Labute approximate surface area is 206 Å². The van der Waals surface area contributed by atoms with Crippen molar-refractivity contribution in [2.45, 2.75) is 19.8 Å². The van der Waals surface area contributed by atoms with E-state index in [0.717, 1.165) is 22.3 Å². The standard InChI is InChI=1S/C17H22N2O.C10H10ClN3/c1-12(2)13-7-6-8-14(9-13)15-10-16(19(5)11-15)17(20)18(3)4;1-14-6-7(5-13-14)9-4-8(12)2-3-10(9)11/h6-12H,1-5H3;2-6H,12H2,1H3. The number of halogens is 1. The highest BCUT2D eigenvalue weighted by Gasteiger charge is 2.14. The molecule has 0 aliphatic carbocycles. The normalized spacial score (nSPS) is 10.7. The van der Waals surface area contributed by atoms with Crippen molar-refractivity contribution in [1.82, 2.24) is 19.2 Å². The van der Waals surface area contributed by atoms with Crippen LogP contribution in [0.5, 0.6) is 0 Å². The van der Waals surface area contributed by atoms with Gasteiger partial charge in [0.15, 0.2) is 0 Å². The fourth-order valence-corrected chi connectivity index (χ4v) is 3.79. The molecule has 0 bridgehead atoms. The van der Waals surface area contributed by atoms with Crippen molar-refractivity contribution < 1.29 is 4.79 Å². The van der Waals surface area contributed by atoms with Gasteiger partial charge in [-0.15, -0.1) is 0 Å². The van der Waals surface area contributed by atoms with Crippen molar-refractivity contribution in [3.63, 3.8) is 0 Å². The van der Waals surface area contributed by atoms with Gasteiger partial charge >= 0.3 is 0 Å². The Hall–Kier alpha value is -3.51. The molecule has 0 saturated heterocycles. The fourth-order valence-electron chi connectivity index (χ4n) is 3.57. The number of carbonyl (C=O) groups is 1. The van der Waals surface area contributed by atoms with Gasteiger partial charge in [0, 0.05) is 68.0 Å². The van der Waals surface area contributed by atoms with Crippen molar-refractivity contribution >= 4 is 23.2 Å². The van der Waals surface area contributed by atoms with Gasteiger partial charge in [-0.05, 0) is 41.3 Å². The number of amides is 1. The molecule has 7 heteroatoms. The zero-order valence-corrected chi connectivity index (χ0v) is 21.3. The molecule has 2 heterocycles. The minimum absolute atomic E-state index is 0.0266. The van der Waals surface area contributed by atoms with E-state index in [0.29, 0.717) is 22.3 Å². The maximum absolute atomic E-state index is 12.1. The molecule has 0 atom stereocenters. The predicted octanol–water partition coefficient (Wildman–Crippen LogP) is 5.84. The molecule has 4 rings (SSSR count). The summed E-state index contributed by atoms with van der Waals surface area (Å²) in [6.07, 6.45) is 5.68. The van der Waals surface area contributed by atoms with Crippen LogP contribution in [0.2, 0.25) is 5.02 Å². The molecule has 34 heavy (non-hydrogen) atoms. The lowest BCUT2D eigenvalue weighted by Gasteiger charge is -2.10. The van der Waals surface area contributed by atoms with Crippen LogP contribution in [0.1, 0.15) is 35.8 Å². The Morgan fingerprint density at radius 2 is 1.74 bits per heavy atom. The van der Waals surface area contributed by atoms with Crippen LogP contribution >= 0.6 is 11.6 Å². The predicted molar refractivity (Wildman–Crippen MR) is 141 cm³/mol. The largest absolute Gasteiger partial charge is 0.399 e. The summed E-state index contributed by atoms with van der Waals surface area (Å²) in [4.78, 5) is 13.7. The van der Waals surface area contributed by atoms with Crippen LogP contribution in [0.4, 0.5) is 5.69 Å². The van der Waals surface area contributed by atoms with Crippen LogP contribution in [0, 0.1) is 0 Å². The van der Waals surface area contributed by atoms with Gasteiger partial charge in [-0.25, -0.2) is 0 Å². The van der Waals surface area contributed by atoms with Crippen LogP contribution < -0.4 is 5.73 Å². The van der Waals surface area contributed by atoms with Crippen LogP contribution in [0.25, 0.3) is 22.3 Å². The van der Waals surface area contributed by atoms with Crippen LogP contribution in [-0.2, 0) is 14.1 Å². The first-order valence-electron chi connectivity index (χ1n) is 11.1. The fraction of sp³-hybridized carbons (Fsp3) is 0.259. The number of aryl methyl sites for hydroxylation is 2. The molecule has 4 aromatic rings. The number of hydrogen-bond donors (Lipinski definition) is 1. The van der Waals surface area contributed by atoms with E-state index < -0.39 is 0 Å². The number of hydrogen-bond acceptors (Lipinski definition) is 3. The maximum Gasteiger partial charge on any atom is 0.269 e. The second-order valence-electron chi connectivity index (χ2n) is 8.85. The van der Waals surface area contributed by atoms with Gasteiger partial charge < -0.3 is 15.2 Å². The molecule has 0 spiro atoms. The molecule has 2 aromatic carbocycles. The molecule has 0 fully saturated rings. The molecule has 0 radical (unpaired) electrons. The molecule has 1 amide bonds. The number of anilines is 1. The molecule has 6 nitrogen and oxygen atoms in total. The highest BCUT2D eigenvalue weighted by Crippen LogP contribution is 2.29. The van der Waals surface area contributed by atoms with Crippen molar-refractivity contribution in [3.05, 3.63) is 83.4 Å². The molecule has 178 valence electrons. The Bertz CT molecular complexity index is 1290. The summed E-state index contributed by atoms with van der Waals surface area (Å²) >= 11 is 6.05. The zero-order chi connectivity index (χ0) is 25.0. The quantitative estimate of drug-likeness (QED) is 0.375. The summed E-state index contributed by atoms with van der Waals surface area (Å²) in [7, 11) is 7.32. The van der Waals surface area contributed by atoms with E-state index in [2.05, 4.69) is 43.2 Å². The lowest BCUT2D eigenvalue weighted by atomic mass is 9.98. The van der Waals surface area contributed by atoms with E-state index in [-0.39, 0.29) is 5.91 Å². The summed E-state index contributed by atoms with van der Waals surface area (Å²) < 4.78 is 3.62. The van der Waals surface area contributed by atoms with Crippen LogP contribution in [-0.4, -0.2) is 39.3 Å². The van der Waals surface area contributed by atoms with Crippen molar-refractivity contribution in [2.24, 2.45) is 14.1 Å². The van der Waals surface area contributed by atoms with Gasteiger partial charge in [0.2, 0.25) is 0 Å². The number of nitrogens with zero attached hydrogens (tertiary/aromatic N) is 4. The first kappa shape index (κ1) is 25.1. The molecule has 0 unspecified atom stereocenters. The lowest BCUT2D eigenvalue weighted by Crippen LogP contribution is -2.23. The van der Waals surface area contributed by atoms with E-state index >= 15 is 0 Å². The second kappa shape index (κ2) is 10.6. The highest BCUT2D eigenvalue weighted by molar-refractivity contribution is 6.33. The number of aromatic nitrogens is 3. The van der Waals surface area contributed by atoms with Crippen molar-refractivity contribution in [1.29, 1.82) is 0 Å². The molecule has 0 saturated carbocycles. The first-order chi connectivity index (χ1) is 16.1. The smallest absolute Gasteiger partial charge is 0.269 e. The van der Waals surface area contributed by atoms with Gasteiger partial charge in [-0.2, -0.15) is 5.10 Å². The van der Waals surface area contributed by atoms with E-state index in [1.807, 2.05) is 43.2 Å². The summed E-state index contributed by atoms with van der Waals surface area (Å²) in [5, 5.41) is 4.77. The molecule has 0 aliphatic heterocycles. The third kappa shape index (κ3) is 5.88. The number of rotatable bonds is 4. The molecule has 2 aromatic heterocycles. The number of nitrogens with two attached hydrogens (primary N) is 1. The summed E-state index contributed by atoms with van der Waals surface area (Å²) in [5.74, 6) is 0.528. The summed E-state index contributed by atoms with van der Waals surface area (Å²) in [5.41, 5.74) is 12.5. The van der Waals surface area contributed by atoms with Crippen LogP contribution in [0.3, 0.4) is 0 Å². The Morgan fingerprint density at radius 1 is 1.00 bits per heavy atom. The van der Waals surface area contributed by atoms with Gasteiger partial charge in [0.1, 0.15) is 5.69 Å². The summed E-state index contributed by atoms with van der Waals surface area (Å²) in [6.45, 7) is 4.37. The number of carbonyl (C=O) groups excluding carboxylic acids is 1. The Morgan fingerprint density at radius 3 is 2.35 bits per heavy atom. The summed E-state index contributed by atoms with van der Waals surface area (Å²) in [6, 6.07) is 15.9. The lowest BCUT2D eigenvalue weighted by molar-refractivity contribution is 0.0818. The number of nitrogen functional groups attached to an aromatic ring is 1. The average Bonchev–Trinajstić information content (AvgIpc) is 3.41. The SMILES string of the molecule is CC(C)c1cccc(-c2cc(C(=O)N(C)C)n(C)c2)c1.Cn1cc(-c2cc(N)ccc2Cl)cn1. The highest BCUT2D eigenvalue weighted by atomic mass is 35.5. The van der Waals surface area contributed by atoms with Crippen LogP contribution in [0.15, 0.2) is 67.1 Å².